The van der Waals surface area contributed by atoms with Crippen LogP contribution in [0, 0.1) is 17.8 Å². The number of nitrogens with one attached hydrogen (secondary N) is 1. The highest BCUT2D eigenvalue weighted by molar-refractivity contribution is 5.77. The van der Waals surface area contributed by atoms with Crippen LogP contribution in [-0.2, 0) is 4.79 Å². The van der Waals surface area contributed by atoms with E-state index in [1.807, 2.05) is 0 Å². The zero-order valence-corrected chi connectivity index (χ0v) is 15.2. The van der Waals surface area contributed by atoms with Gasteiger partial charge in [-0.3, -0.25) is 4.79 Å². The summed E-state index contributed by atoms with van der Waals surface area (Å²) in [4.78, 5) is 15.4. The first-order chi connectivity index (χ1) is 11.2. The van der Waals surface area contributed by atoms with E-state index in [1.165, 1.54) is 57.8 Å². The molecule has 2 atom stereocenters. The highest BCUT2D eigenvalue weighted by Gasteiger charge is 2.39. The van der Waals surface area contributed by atoms with Gasteiger partial charge in [0.25, 0.3) is 0 Å². The Hall–Kier alpha value is -0.570. The van der Waals surface area contributed by atoms with Gasteiger partial charge < -0.3 is 10.2 Å². The average Bonchev–Trinajstić information content (AvgIpc) is 3.41. The minimum atomic E-state index is 0.463. The molecule has 3 fully saturated rings. The van der Waals surface area contributed by atoms with Crippen LogP contribution in [0.4, 0.5) is 0 Å². The van der Waals surface area contributed by atoms with Crippen LogP contribution in [0.3, 0.4) is 0 Å². The minimum absolute atomic E-state index is 0.463. The largest absolute Gasteiger partial charge is 0.337 e. The molecule has 0 unspecified atom stereocenters. The fourth-order valence-electron chi connectivity index (χ4n) is 4.80. The molecule has 0 spiro atoms. The lowest BCUT2D eigenvalue weighted by Gasteiger charge is -2.38. The Morgan fingerprint density at radius 1 is 1.09 bits per heavy atom. The molecular formula is C20H36N2O. The molecule has 3 aliphatic rings. The van der Waals surface area contributed by atoms with Crippen molar-refractivity contribution < 1.29 is 4.79 Å². The van der Waals surface area contributed by atoms with Gasteiger partial charge in [0.2, 0.25) is 5.91 Å². The molecule has 132 valence electrons. The summed E-state index contributed by atoms with van der Waals surface area (Å²) >= 11 is 0. The lowest BCUT2D eigenvalue weighted by molar-refractivity contribution is -0.136. The second kappa shape index (κ2) is 8.00. The molecular weight excluding hydrogens is 284 g/mol. The fraction of sp³-hybridized carbons (Fsp3) is 0.950. The first-order valence-electron chi connectivity index (χ1n) is 10.2. The maximum absolute atomic E-state index is 13.0. The Labute approximate surface area is 142 Å². The molecule has 23 heavy (non-hydrogen) atoms. The maximum atomic E-state index is 13.0. The molecule has 2 saturated carbocycles. The third-order valence-corrected chi connectivity index (χ3v) is 6.65. The van der Waals surface area contributed by atoms with Crippen molar-refractivity contribution in [2.75, 3.05) is 13.1 Å². The number of rotatable bonds is 6. The van der Waals surface area contributed by atoms with Crippen molar-refractivity contribution >= 4 is 5.91 Å². The van der Waals surface area contributed by atoms with Gasteiger partial charge in [-0.15, -0.1) is 0 Å². The van der Waals surface area contributed by atoms with Crippen molar-refractivity contribution in [2.24, 2.45) is 17.8 Å². The van der Waals surface area contributed by atoms with E-state index < -0.39 is 0 Å². The Morgan fingerprint density at radius 3 is 2.26 bits per heavy atom. The lowest BCUT2D eigenvalue weighted by atomic mass is 9.82. The monoisotopic (exact) mass is 320 g/mol. The van der Waals surface area contributed by atoms with Crippen molar-refractivity contribution in [2.45, 2.75) is 90.1 Å². The van der Waals surface area contributed by atoms with Crippen molar-refractivity contribution in [1.82, 2.24) is 10.2 Å². The van der Waals surface area contributed by atoms with Gasteiger partial charge in [0.05, 0.1) is 0 Å². The number of hydrogen-bond acceptors (Lipinski definition) is 2. The van der Waals surface area contributed by atoms with Crippen molar-refractivity contribution in [1.29, 1.82) is 0 Å². The number of nitrogens with zero attached hydrogens (tertiary/aromatic N) is 1. The van der Waals surface area contributed by atoms with Crippen LogP contribution in [0.2, 0.25) is 0 Å². The van der Waals surface area contributed by atoms with Crippen LogP contribution in [0.15, 0.2) is 0 Å². The molecule has 0 aromatic carbocycles. The molecule has 1 N–H and O–H groups in total. The normalized spacial score (nSPS) is 33.2. The second-order valence-corrected chi connectivity index (χ2v) is 8.40. The van der Waals surface area contributed by atoms with Gasteiger partial charge >= 0.3 is 0 Å². The van der Waals surface area contributed by atoms with E-state index in [9.17, 15) is 4.79 Å². The summed E-state index contributed by atoms with van der Waals surface area (Å²) < 4.78 is 0. The maximum Gasteiger partial charge on any atom is 0.223 e. The van der Waals surface area contributed by atoms with Crippen molar-refractivity contribution in [3.8, 4) is 0 Å². The average molecular weight is 321 g/mol. The fourth-order valence-corrected chi connectivity index (χ4v) is 4.80. The first-order valence-corrected chi connectivity index (χ1v) is 10.2. The Kier molecular flexibility index (Phi) is 6.01. The molecule has 3 nitrogen and oxygen atoms in total. The molecule has 3 rings (SSSR count). The van der Waals surface area contributed by atoms with Crippen LogP contribution >= 0.6 is 0 Å². The Bertz CT molecular complexity index is 379. The third kappa shape index (κ3) is 4.49. The second-order valence-electron chi connectivity index (χ2n) is 8.40. The van der Waals surface area contributed by atoms with Gasteiger partial charge in [0.15, 0.2) is 0 Å². The van der Waals surface area contributed by atoms with E-state index in [-0.39, 0.29) is 0 Å². The van der Waals surface area contributed by atoms with Gasteiger partial charge in [-0.2, -0.15) is 0 Å². The van der Waals surface area contributed by atoms with Crippen molar-refractivity contribution in [3.05, 3.63) is 0 Å². The van der Waals surface area contributed by atoms with Crippen molar-refractivity contribution in [3.63, 3.8) is 0 Å². The smallest absolute Gasteiger partial charge is 0.223 e. The zero-order valence-electron chi connectivity index (χ0n) is 15.2. The number of piperidine rings is 1. The van der Waals surface area contributed by atoms with Gasteiger partial charge in [-0.1, -0.05) is 20.3 Å². The van der Waals surface area contributed by atoms with Gasteiger partial charge in [-0.25, -0.2) is 0 Å². The SMILES string of the molecule is CCC1CCC(N(C(=O)C[C@@H](C)[C@H]2CCCNC2)C2CC2)CC1. The number of carbonyl (C=O) groups excluding carboxylic acids is 1. The molecule has 3 heteroatoms. The minimum Gasteiger partial charge on any atom is -0.337 e. The van der Waals surface area contributed by atoms with Crippen LogP contribution in [0.25, 0.3) is 0 Å². The molecule has 0 radical (unpaired) electrons. The summed E-state index contributed by atoms with van der Waals surface area (Å²) in [7, 11) is 0. The Morgan fingerprint density at radius 2 is 1.74 bits per heavy atom. The molecule has 2 aliphatic carbocycles. The molecule has 1 amide bonds. The van der Waals surface area contributed by atoms with E-state index in [4.69, 9.17) is 0 Å². The zero-order chi connectivity index (χ0) is 16.2. The third-order valence-electron chi connectivity index (χ3n) is 6.65. The highest BCUT2D eigenvalue weighted by Crippen LogP contribution is 2.37. The quantitative estimate of drug-likeness (QED) is 0.803. The van der Waals surface area contributed by atoms with E-state index in [0.29, 0.717) is 29.8 Å². The summed E-state index contributed by atoms with van der Waals surface area (Å²) in [5.41, 5.74) is 0. The number of hydrogen-bond donors (Lipinski definition) is 1. The van der Waals surface area contributed by atoms with E-state index in [2.05, 4.69) is 24.1 Å². The summed E-state index contributed by atoms with van der Waals surface area (Å²) in [5.74, 6) is 2.60. The van der Waals surface area contributed by atoms with Crippen LogP contribution < -0.4 is 5.32 Å². The Balaban J connectivity index is 1.54. The van der Waals surface area contributed by atoms with Gasteiger partial charge in [-0.05, 0) is 82.2 Å². The molecule has 0 aromatic rings. The summed E-state index contributed by atoms with van der Waals surface area (Å²) in [6, 6.07) is 1.14. The van der Waals surface area contributed by atoms with Gasteiger partial charge in [0.1, 0.15) is 0 Å². The van der Waals surface area contributed by atoms with Crippen LogP contribution in [0.5, 0.6) is 0 Å². The molecule has 1 saturated heterocycles. The number of amides is 1. The molecule has 0 bridgehead atoms. The summed E-state index contributed by atoms with van der Waals surface area (Å²) in [6.07, 6.45) is 12.3. The van der Waals surface area contributed by atoms with Crippen LogP contribution in [0.1, 0.15) is 78.1 Å². The van der Waals surface area contributed by atoms with E-state index in [1.54, 1.807) is 0 Å². The highest BCUT2D eigenvalue weighted by atomic mass is 16.2. The van der Waals surface area contributed by atoms with Crippen LogP contribution in [-0.4, -0.2) is 36.0 Å². The molecule has 1 aliphatic heterocycles. The standard InChI is InChI=1S/C20H36N2O/c1-3-16-6-8-18(9-7-16)22(19-10-11-19)20(23)13-15(2)17-5-4-12-21-14-17/h15-19,21H,3-14H2,1-2H3/t15-,16?,17+,18?/m1/s1. The summed E-state index contributed by atoms with van der Waals surface area (Å²) in [5, 5.41) is 3.50. The summed E-state index contributed by atoms with van der Waals surface area (Å²) in [6.45, 7) is 6.88. The lowest BCUT2D eigenvalue weighted by Crippen LogP contribution is -2.45. The van der Waals surface area contributed by atoms with E-state index >= 15 is 0 Å². The predicted molar refractivity (Wildman–Crippen MR) is 95.3 cm³/mol. The molecule has 0 aromatic heterocycles. The van der Waals surface area contributed by atoms with E-state index in [0.717, 1.165) is 25.4 Å². The molecule has 1 heterocycles. The van der Waals surface area contributed by atoms with Gasteiger partial charge in [0, 0.05) is 18.5 Å². The predicted octanol–water partition coefficient (Wildman–Crippen LogP) is 3.97. The first kappa shape index (κ1) is 17.3. The number of carbonyl (C=O) groups is 1. The topological polar surface area (TPSA) is 32.3 Å².